The summed E-state index contributed by atoms with van der Waals surface area (Å²) in [6.07, 6.45) is 5.95. The van der Waals surface area contributed by atoms with Gasteiger partial charge in [-0.3, -0.25) is 4.68 Å². The van der Waals surface area contributed by atoms with E-state index in [1.165, 1.54) is 19.3 Å². The van der Waals surface area contributed by atoms with E-state index in [-0.39, 0.29) is 0 Å². The summed E-state index contributed by atoms with van der Waals surface area (Å²) in [5.41, 5.74) is 1.04. The van der Waals surface area contributed by atoms with Crippen LogP contribution in [0.4, 0.5) is 0 Å². The lowest BCUT2D eigenvalue weighted by molar-refractivity contribution is 0.237. The summed E-state index contributed by atoms with van der Waals surface area (Å²) in [7, 11) is 1.90. The van der Waals surface area contributed by atoms with Crippen molar-refractivity contribution in [3.8, 4) is 0 Å². The Bertz CT molecular complexity index is 324. The van der Waals surface area contributed by atoms with E-state index in [9.17, 15) is 0 Å². The van der Waals surface area contributed by atoms with Crippen LogP contribution in [0.1, 0.15) is 38.8 Å². The number of hydrogen-bond donors (Lipinski definition) is 1. The molecule has 1 saturated carbocycles. The standard InChI is InChI=1S/C12H22N4/c1-9-4-10(2)6-11(5-9)13-7-12-8-16(3)15-14-12/h8-11,13H,4-7H2,1-3H3. The molecule has 16 heavy (non-hydrogen) atoms. The molecular formula is C12H22N4. The minimum Gasteiger partial charge on any atom is -0.308 e. The minimum atomic E-state index is 0.653. The van der Waals surface area contributed by atoms with Gasteiger partial charge < -0.3 is 5.32 Å². The summed E-state index contributed by atoms with van der Waals surface area (Å²) >= 11 is 0. The van der Waals surface area contributed by atoms with Gasteiger partial charge in [-0.2, -0.15) is 0 Å². The second-order valence-electron chi connectivity index (χ2n) is 5.38. The van der Waals surface area contributed by atoms with Gasteiger partial charge in [0.25, 0.3) is 0 Å². The molecule has 0 bridgehead atoms. The summed E-state index contributed by atoms with van der Waals surface area (Å²) in [6.45, 7) is 5.55. The monoisotopic (exact) mass is 222 g/mol. The van der Waals surface area contributed by atoms with Crippen molar-refractivity contribution in [1.29, 1.82) is 0 Å². The average Bonchev–Trinajstić information content (AvgIpc) is 2.60. The lowest BCUT2D eigenvalue weighted by atomic mass is 9.80. The molecule has 0 aromatic carbocycles. The Morgan fingerprint density at radius 1 is 1.31 bits per heavy atom. The molecule has 1 aromatic heterocycles. The van der Waals surface area contributed by atoms with Gasteiger partial charge in [-0.25, -0.2) is 0 Å². The molecular weight excluding hydrogens is 200 g/mol. The fourth-order valence-corrected chi connectivity index (χ4v) is 2.84. The van der Waals surface area contributed by atoms with E-state index in [0.29, 0.717) is 6.04 Å². The van der Waals surface area contributed by atoms with Gasteiger partial charge >= 0.3 is 0 Å². The Hall–Kier alpha value is -0.900. The molecule has 4 heteroatoms. The SMILES string of the molecule is CC1CC(C)CC(NCc2cn(C)nn2)C1. The first-order valence-electron chi connectivity index (χ1n) is 6.22. The first-order chi connectivity index (χ1) is 7.63. The second kappa shape index (κ2) is 4.95. The minimum absolute atomic E-state index is 0.653. The Balaban J connectivity index is 1.81. The maximum atomic E-state index is 4.09. The number of aromatic nitrogens is 3. The third-order valence-electron chi connectivity index (χ3n) is 3.40. The molecule has 4 nitrogen and oxygen atoms in total. The summed E-state index contributed by atoms with van der Waals surface area (Å²) in [5, 5.41) is 11.6. The molecule has 1 N–H and O–H groups in total. The smallest absolute Gasteiger partial charge is 0.0964 e. The van der Waals surface area contributed by atoms with Crippen LogP contribution in [0.2, 0.25) is 0 Å². The maximum absolute atomic E-state index is 4.09. The van der Waals surface area contributed by atoms with Crippen molar-refractivity contribution in [2.24, 2.45) is 18.9 Å². The largest absolute Gasteiger partial charge is 0.308 e. The van der Waals surface area contributed by atoms with Gasteiger partial charge in [0.15, 0.2) is 0 Å². The van der Waals surface area contributed by atoms with Crippen LogP contribution in [0.3, 0.4) is 0 Å². The van der Waals surface area contributed by atoms with Crippen LogP contribution in [0.25, 0.3) is 0 Å². The van der Waals surface area contributed by atoms with Crippen LogP contribution < -0.4 is 5.32 Å². The first kappa shape index (κ1) is 11.6. The van der Waals surface area contributed by atoms with Gasteiger partial charge in [-0.1, -0.05) is 19.1 Å². The highest BCUT2D eigenvalue weighted by Crippen LogP contribution is 2.28. The predicted octanol–water partition coefficient (Wildman–Crippen LogP) is 1.73. The topological polar surface area (TPSA) is 42.7 Å². The van der Waals surface area contributed by atoms with Crippen molar-refractivity contribution >= 4 is 0 Å². The number of rotatable bonds is 3. The molecule has 0 radical (unpaired) electrons. The molecule has 1 aliphatic rings. The highest BCUT2D eigenvalue weighted by molar-refractivity contribution is 4.92. The normalized spacial score (nSPS) is 30.6. The Kier molecular flexibility index (Phi) is 3.59. The van der Waals surface area contributed by atoms with E-state index in [1.54, 1.807) is 4.68 Å². The lowest BCUT2D eigenvalue weighted by Crippen LogP contribution is -2.35. The van der Waals surface area contributed by atoms with Gasteiger partial charge in [0.1, 0.15) is 0 Å². The van der Waals surface area contributed by atoms with Gasteiger partial charge in [0, 0.05) is 25.8 Å². The summed E-state index contributed by atoms with van der Waals surface area (Å²) in [4.78, 5) is 0. The van der Waals surface area contributed by atoms with E-state index >= 15 is 0 Å². The zero-order valence-electron chi connectivity index (χ0n) is 10.5. The predicted molar refractivity (Wildman–Crippen MR) is 63.8 cm³/mol. The molecule has 1 aromatic rings. The van der Waals surface area contributed by atoms with Crippen LogP contribution in [-0.2, 0) is 13.6 Å². The summed E-state index contributed by atoms with van der Waals surface area (Å²) < 4.78 is 1.75. The Morgan fingerprint density at radius 2 is 2.00 bits per heavy atom. The van der Waals surface area contributed by atoms with Crippen LogP contribution >= 0.6 is 0 Å². The Morgan fingerprint density at radius 3 is 2.56 bits per heavy atom. The maximum Gasteiger partial charge on any atom is 0.0964 e. The lowest BCUT2D eigenvalue weighted by Gasteiger charge is -2.31. The molecule has 2 atom stereocenters. The van der Waals surface area contributed by atoms with Crippen molar-refractivity contribution in [2.75, 3.05) is 0 Å². The van der Waals surface area contributed by atoms with E-state index in [1.807, 2.05) is 13.2 Å². The van der Waals surface area contributed by atoms with E-state index in [2.05, 4.69) is 29.5 Å². The summed E-state index contributed by atoms with van der Waals surface area (Å²) in [6, 6.07) is 0.653. The van der Waals surface area contributed by atoms with Gasteiger partial charge in [-0.05, 0) is 31.1 Å². The van der Waals surface area contributed by atoms with Crippen LogP contribution in [0.5, 0.6) is 0 Å². The highest BCUT2D eigenvalue weighted by atomic mass is 15.4. The van der Waals surface area contributed by atoms with Gasteiger partial charge in [0.2, 0.25) is 0 Å². The van der Waals surface area contributed by atoms with E-state index in [4.69, 9.17) is 0 Å². The highest BCUT2D eigenvalue weighted by Gasteiger charge is 2.23. The molecule has 0 amide bonds. The van der Waals surface area contributed by atoms with Crippen LogP contribution in [0.15, 0.2) is 6.20 Å². The van der Waals surface area contributed by atoms with Crippen molar-refractivity contribution in [3.63, 3.8) is 0 Å². The van der Waals surface area contributed by atoms with Gasteiger partial charge in [-0.15, -0.1) is 5.10 Å². The van der Waals surface area contributed by atoms with Crippen molar-refractivity contribution in [2.45, 2.75) is 45.7 Å². The molecule has 0 aliphatic heterocycles. The number of hydrogen-bond acceptors (Lipinski definition) is 3. The molecule has 1 aliphatic carbocycles. The molecule has 1 heterocycles. The zero-order valence-corrected chi connectivity index (χ0v) is 10.5. The molecule has 0 spiro atoms. The number of nitrogens with zero attached hydrogens (tertiary/aromatic N) is 3. The fourth-order valence-electron chi connectivity index (χ4n) is 2.84. The third-order valence-corrected chi connectivity index (χ3v) is 3.40. The molecule has 0 saturated heterocycles. The van der Waals surface area contributed by atoms with Crippen molar-refractivity contribution in [1.82, 2.24) is 20.3 Å². The van der Waals surface area contributed by atoms with E-state index < -0.39 is 0 Å². The molecule has 2 rings (SSSR count). The first-order valence-corrected chi connectivity index (χ1v) is 6.22. The zero-order chi connectivity index (χ0) is 11.5. The fraction of sp³-hybridized carbons (Fsp3) is 0.833. The quantitative estimate of drug-likeness (QED) is 0.847. The molecule has 1 fully saturated rings. The number of aryl methyl sites for hydroxylation is 1. The third kappa shape index (κ3) is 3.04. The van der Waals surface area contributed by atoms with Crippen molar-refractivity contribution in [3.05, 3.63) is 11.9 Å². The van der Waals surface area contributed by atoms with Crippen LogP contribution in [0, 0.1) is 11.8 Å². The molecule has 90 valence electrons. The second-order valence-corrected chi connectivity index (χ2v) is 5.38. The average molecular weight is 222 g/mol. The Labute approximate surface area is 97.4 Å². The van der Waals surface area contributed by atoms with Gasteiger partial charge in [0.05, 0.1) is 5.69 Å². The summed E-state index contributed by atoms with van der Waals surface area (Å²) in [5.74, 6) is 1.70. The van der Waals surface area contributed by atoms with Crippen LogP contribution in [-0.4, -0.2) is 21.0 Å². The van der Waals surface area contributed by atoms with E-state index in [0.717, 1.165) is 24.1 Å². The van der Waals surface area contributed by atoms with Crippen molar-refractivity contribution < 1.29 is 0 Å². The number of nitrogens with one attached hydrogen (secondary N) is 1. The molecule has 2 unspecified atom stereocenters.